The van der Waals surface area contributed by atoms with Crippen LogP contribution in [0, 0.1) is 5.41 Å². The zero-order valence-electron chi connectivity index (χ0n) is 15.8. The van der Waals surface area contributed by atoms with E-state index in [-0.39, 0.29) is 11.3 Å². The molecule has 0 saturated carbocycles. The van der Waals surface area contributed by atoms with E-state index >= 15 is 0 Å². The summed E-state index contributed by atoms with van der Waals surface area (Å²) in [4.78, 5) is 18.5. The van der Waals surface area contributed by atoms with Crippen molar-refractivity contribution < 1.29 is 4.79 Å². The second kappa shape index (κ2) is 8.74. The van der Waals surface area contributed by atoms with Crippen LogP contribution in [-0.4, -0.2) is 51.1 Å². The Morgan fingerprint density at radius 2 is 1.88 bits per heavy atom. The van der Waals surface area contributed by atoms with Crippen LogP contribution in [0.15, 0.2) is 35.3 Å². The highest BCUT2D eigenvalue weighted by molar-refractivity contribution is 5.82. The van der Waals surface area contributed by atoms with Crippen molar-refractivity contribution in [2.75, 3.05) is 38.1 Å². The molecule has 0 aliphatic carbocycles. The Labute approximate surface area is 151 Å². The number of carbonyl (C=O) groups excluding carboxylic acids is 1. The van der Waals surface area contributed by atoms with Crippen molar-refractivity contribution in [3.63, 3.8) is 0 Å². The first-order chi connectivity index (χ1) is 11.9. The summed E-state index contributed by atoms with van der Waals surface area (Å²) in [6, 6.07) is 10.8. The number of hydrogen-bond acceptors (Lipinski definition) is 3. The normalized spacial score (nSPS) is 18.2. The summed E-state index contributed by atoms with van der Waals surface area (Å²) in [6.07, 6.45) is 1.08. The van der Waals surface area contributed by atoms with E-state index < -0.39 is 0 Å². The molecule has 1 aliphatic rings. The van der Waals surface area contributed by atoms with Gasteiger partial charge in [0.15, 0.2) is 5.96 Å². The van der Waals surface area contributed by atoms with Gasteiger partial charge < -0.3 is 20.9 Å². The second-order valence-electron chi connectivity index (χ2n) is 7.42. The number of amides is 1. The molecule has 1 amide bonds. The Morgan fingerprint density at radius 1 is 1.20 bits per heavy atom. The minimum atomic E-state index is -0.356. The van der Waals surface area contributed by atoms with Gasteiger partial charge in [-0.15, -0.1) is 0 Å². The molecule has 0 radical (unpaired) electrons. The van der Waals surface area contributed by atoms with Crippen LogP contribution < -0.4 is 20.9 Å². The highest BCUT2D eigenvalue weighted by Crippen LogP contribution is 2.19. The van der Waals surface area contributed by atoms with Crippen LogP contribution in [0.3, 0.4) is 0 Å². The number of anilines is 1. The fourth-order valence-electron chi connectivity index (χ4n) is 2.76. The van der Waals surface area contributed by atoms with E-state index in [4.69, 9.17) is 0 Å². The smallest absolute Gasteiger partial charge is 0.225 e. The van der Waals surface area contributed by atoms with Gasteiger partial charge in [0, 0.05) is 50.4 Å². The van der Waals surface area contributed by atoms with Crippen molar-refractivity contribution in [3.05, 3.63) is 30.3 Å². The first-order valence-electron chi connectivity index (χ1n) is 8.95. The third-order valence-corrected chi connectivity index (χ3v) is 4.26. The molecule has 138 valence electrons. The van der Waals surface area contributed by atoms with Crippen molar-refractivity contribution in [2.24, 2.45) is 10.4 Å². The Morgan fingerprint density at radius 3 is 2.52 bits per heavy atom. The standard InChI is InChI=1S/C19H31N5O/c1-19(2,3)17(25)21-11-12-22-18(20-4)23-15-10-13-24(14-15)16-8-6-5-7-9-16/h5-9,15H,10-14H2,1-4H3,(H,21,25)(H2,20,22,23). The minimum Gasteiger partial charge on any atom is -0.369 e. The van der Waals surface area contributed by atoms with Crippen molar-refractivity contribution in [1.29, 1.82) is 0 Å². The van der Waals surface area contributed by atoms with Crippen molar-refractivity contribution in [3.8, 4) is 0 Å². The van der Waals surface area contributed by atoms with Crippen LogP contribution in [0.25, 0.3) is 0 Å². The summed E-state index contributed by atoms with van der Waals surface area (Å²) in [6.45, 7) is 8.97. The summed E-state index contributed by atoms with van der Waals surface area (Å²) < 4.78 is 0. The van der Waals surface area contributed by atoms with E-state index in [0.717, 1.165) is 25.5 Å². The van der Waals surface area contributed by atoms with Gasteiger partial charge in [-0.3, -0.25) is 9.79 Å². The number of rotatable bonds is 5. The molecule has 1 aliphatic heterocycles. The van der Waals surface area contributed by atoms with Crippen molar-refractivity contribution in [1.82, 2.24) is 16.0 Å². The maximum Gasteiger partial charge on any atom is 0.225 e. The summed E-state index contributed by atoms with van der Waals surface area (Å²) >= 11 is 0. The molecule has 1 saturated heterocycles. The molecule has 2 rings (SSSR count). The molecule has 1 atom stereocenters. The van der Waals surface area contributed by atoms with Gasteiger partial charge in [-0.2, -0.15) is 0 Å². The molecule has 6 nitrogen and oxygen atoms in total. The quantitative estimate of drug-likeness (QED) is 0.431. The number of benzene rings is 1. The van der Waals surface area contributed by atoms with Crippen molar-refractivity contribution in [2.45, 2.75) is 33.2 Å². The molecule has 1 aromatic rings. The van der Waals surface area contributed by atoms with Crippen LogP contribution in [0.1, 0.15) is 27.2 Å². The third kappa shape index (κ3) is 5.96. The molecular weight excluding hydrogens is 314 g/mol. The lowest BCUT2D eigenvalue weighted by Gasteiger charge is -2.21. The number of para-hydroxylation sites is 1. The predicted molar refractivity (Wildman–Crippen MR) is 104 cm³/mol. The number of carbonyl (C=O) groups is 1. The highest BCUT2D eigenvalue weighted by Gasteiger charge is 2.23. The maximum atomic E-state index is 11.8. The van der Waals surface area contributed by atoms with Gasteiger partial charge in [0.25, 0.3) is 0 Å². The molecule has 25 heavy (non-hydrogen) atoms. The van der Waals surface area contributed by atoms with E-state index in [9.17, 15) is 4.79 Å². The monoisotopic (exact) mass is 345 g/mol. The first-order valence-corrected chi connectivity index (χ1v) is 8.95. The second-order valence-corrected chi connectivity index (χ2v) is 7.42. The summed E-state index contributed by atoms with van der Waals surface area (Å²) in [7, 11) is 1.77. The van der Waals surface area contributed by atoms with Gasteiger partial charge >= 0.3 is 0 Å². The lowest BCUT2D eigenvalue weighted by Crippen LogP contribution is -2.47. The molecule has 1 heterocycles. The van der Waals surface area contributed by atoms with Gasteiger partial charge in [-0.25, -0.2) is 0 Å². The third-order valence-electron chi connectivity index (χ3n) is 4.26. The van der Waals surface area contributed by atoms with Gasteiger partial charge in [0.05, 0.1) is 0 Å². The van der Waals surface area contributed by atoms with Crippen LogP contribution in [0.4, 0.5) is 5.69 Å². The molecule has 3 N–H and O–H groups in total. The van der Waals surface area contributed by atoms with Gasteiger partial charge in [0.2, 0.25) is 5.91 Å². The topological polar surface area (TPSA) is 68.8 Å². The van der Waals surface area contributed by atoms with Crippen LogP contribution in [0.5, 0.6) is 0 Å². The largest absolute Gasteiger partial charge is 0.369 e. The lowest BCUT2D eigenvalue weighted by atomic mass is 9.96. The van der Waals surface area contributed by atoms with Crippen molar-refractivity contribution >= 4 is 17.6 Å². The molecule has 0 bridgehead atoms. The SMILES string of the molecule is CN=C(NCCNC(=O)C(C)(C)C)NC1CCN(c2ccccc2)C1. The molecule has 1 aromatic carbocycles. The zero-order chi connectivity index (χ0) is 18.3. The van der Waals surface area contributed by atoms with Crippen LogP contribution in [-0.2, 0) is 4.79 Å². The molecule has 0 spiro atoms. The lowest BCUT2D eigenvalue weighted by molar-refractivity contribution is -0.128. The average Bonchev–Trinajstić information content (AvgIpc) is 3.05. The fraction of sp³-hybridized carbons (Fsp3) is 0.579. The average molecular weight is 345 g/mol. The molecule has 6 heteroatoms. The molecule has 1 unspecified atom stereocenters. The number of nitrogens with zero attached hydrogens (tertiary/aromatic N) is 2. The van der Waals surface area contributed by atoms with E-state index in [2.05, 4.69) is 50.1 Å². The summed E-state index contributed by atoms with van der Waals surface area (Å²) in [5.41, 5.74) is 0.907. The maximum absolute atomic E-state index is 11.8. The summed E-state index contributed by atoms with van der Waals surface area (Å²) in [5, 5.41) is 9.66. The summed E-state index contributed by atoms with van der Waals surface area (Å²) in [5.74, 6) is 0.844. The number of guanidine groups is 1. The van der Waals surface area contributed by atoms with Gasteiger partial charge in [-0.05, 0) is 18.6 Å². The van der Waals surface area contributed by atoms with E-state index in [1.807, 2.05) is 26.8 Å². The number of nitrogens with one attached hydrogen (secondary N) is 3. The van der Waals surface area contributed by atoms with Gasteiger partial charge in [0.1, 0.15) is 0 Å². The van der Waals surface area contributed by atoms with E-state index in [0.29, 0.717) is 19.1 Å². The Balaban J connectivity index is 1.71. The van der Waals surface area contributed by atoms with Gasteiger partial charge in [-0.1, -0.05) is 39.0 Å². The number of hydrogen-bond donors (Lipinski definition) is 3. The number of aliphatic imine (C=N–C) groups is 1. The Bertz CT molecular complexity index is 579. The molecule has 1 fully saturated rings. The van der Waals surface area contributed by atoms with E-state index in [1.54, 1.807) is 7.05 Å². The molecule has 0 aromatic heterocycles. The minimum absolute atomic E-state index is 0.0616. The Kier molecular flexibility index (Phi) is 6.67. The van der Waals surface area contributed by atoms with E-state index in [1.165, 1.54) is 5.69 Å². The zero-order valence-corrected chi connectivity index (χ0v) is 15.8. The Hall–Kier alpha value is -2.24. The molecular formula is C19H31N5O. The predicted octanol–water partition coefficient (Wildman–Crippen LogP) is 1.59. The van der Waals surface area contributed by atoms with Crippen LogP contribution >= 0.6 is 0 Å². The highest BCUT2D eigenvalue weighted by atomic mass is 16.2. The fourth-order valence-corrected chi connectivity index (χ4v) is 2.76. The van der Waals surface area contributed by atoms with Crippen LogP contribution in [0.2, 0.25) is 0 Å². The first kappa shape index (κ1) is 19.1.